The molecule has 0 amide bonds. The monoisotopic (exact) mass is 351 g/mol. The van der Waals surface area contributed by atoms with Gasteiger partial charge in [-0.15, -0.1) is 0 Å². The highest BCUT2D eigenvalue weighted by Gasteiger charge is 2.35. The van der Waals surface area contributed by atoms with Crippen molar-refractivity contribution in [2.75, 3.05) is 0 Å². The number of benzene rings is 1. The second kappa shape index (κ2) is 6.42. The summed E-state index contributed by atoms with van der Waals surface area (Å²) in [4.78, 5) is 16.0. The number of rotatable bonds is 5. The first-order valence-electron chi connectivity index (χ1n) is 9.43. The molecule has 0 radical (unpaired) electrons. The zero-order valence-corrected chi connectivity index (χ0v) is 15.7. The van der Waals surface area contributed by atoms with E-state index in [0.717, 1.165) is 46.8 Å². The number of fused-ring (bicyclic) bond motifs is 3. The highest BCUT2D eigenvalue weighted by Crippen LogP contribution is 2.49. The van der Waals surface area contributed by atoms with E-state index in [-0.39, 0.29) is 5.97 Å². The Labute approximate surface area is 154 Å². The van der Waals surface area contributed by atoms with Crippen LogP contribution in [0.25, 0.3) is 11.1 Å². The van der Waals surface area contributed by atoms with E-state index in [1.807, 2.05) is 18.3 Å². The minimum atomic E-state index is -0.453. The Kier molecular flexibility index (Phi) is 4.22. The first-order chi connectivity index (χ1) is 12.4. The van der Waals surface area contributed by atoms with Gasteiger partial charge in [0.1, 0.15) is 17.1 Å². The largest absolute Gasteiger partial charge is 0.482 e. The Balaban J connectivity index is 1.76. The average Bonchev–Trinajstić information content (AvgIpc) is 3.38. The smallest absolute Gasteiger partial charge is 0.308 e. The normalized spacial score (nSPS) is 17.0. The molecule has 0 saturated heterocycles. The van der Waals surface area contributed by atoms with Gasteiger partial charge < -0.3 is 9.47 Å². The molecule has 0 spiro atoms. The maximum atomic E-state index is 11.7. The molecule has 0 N–H and O–H groups in total. The fourth-order valence-corrected chi connectivity index (χ4v) is 3.82. The summed E-state index contributed by atoms with van der Waals surface area (Å²) in [5, 5.41) is 0. The zero-order valence-electron chi connectivity index (χ0n) is 15.7. The fraction of sp³-hybridized carbons (Fsp3) is 0.455. The molecule has 1 aromatic heterocycles. The standard InChI is InChI=1S/C22H25NO3/c1-14(24)25-19-11-16(6-4-5-15-7-8-15)12-20-21(19)17-13-23-10-9-18(17)22(2,3)26-20/h9-13,15H,4-8H2,1-3H3. The van der Waals surface area contributed by atoms with E-state index in [2.05, 4.69) is 24.9 Å². The van der Waals surface area contributed by atoms with E-state index >= 15 is 0 Å². The van der Waals surface area contributed by atoms with Gasteiger partial charge in [0.2, 0.25) is 0 Å². The molecule has 2 heterocycles. The zero-order chi connectivity index (χ0) is 18.3. The van der Waals surface area contributed by atoms with Crippen molar-refractivity contribution in [2.24, 2.45) is 5.92 Å². The second-order valence-electron chi connectivity index (χ2n) is 7.93. The molecule has 2 aromatic rings. The van der Waals surface area contributed by atoms with Crippen LogP contribution in [0.1, 0.15) is 57.6 Å². The number of carbonyl (C=O) groups excluding carboxylic acids is 1. The summed E-state index contributed by atoms with van der Waals surface area (Å²) in [6.07, 6.45) is 9.77. The lowest BCUT2D eigenvalue weighted by atomic mass is 9.86. The molecular weight excluding hydrogens is 326 g/mol. The van der Waals surface area contributed by atoms with Crippen LogP contribution < -0.4 is 9.47 Å². The summed E-state index contributed by atoms with van der Waals surface area (Å²) in [5.74, 6) is 1.95. The molecule has 1 aliphatic heterocycles. The molecule has 4 nitrogen and oxygen atoms in total. The van der Waals surface area contributed by atoms with E-state index in [0.29, 0.717) is 5.75 Å². The number of hydrogen-bond acceptors (Lipinski definition) is 4. The van der Waals surface area contributed by atoms with Gasteiger partial charge in [0.05, 0.1) is 5.56 Å². The first kappa shape index (κ1) is 17.1. The van der Waals surface area contributed by atoms with Crippen LogP contribution in [0.15, 0.2) is 30.6 Å². The molecule has 4 rings (SSSR count). The van der Waals surface area contributed by atoms with Crippen LogP contribution in [0.4, 0.5) is 0 Å². The van der Waals surface area contributed by atoms with Gasteiger partial charge in [0.25, 0.3) is 0 Å². The van der Waals surface area contributed by atoms with E-state index in [1.54, 1.807) is 6.20 Å². The molecule has 1 saturated carbocycles. The number of hydrogen-bond donors (Lipinski definition) is 0. The maximum absolute atomic E-state index is 11.7. The lowest BCUT2D eigenvalue weighted by molar-refractivity contribution is -0.131. The van der Waals surface area contributed by atoms with Gasteiger partial charge in [-0.05, 0) is 56.4 Å². The van der Waals surface area contributed by atoms with E-state index in [1.165, 1.54) is 26.2 Å². The van der Waals surface area contributed by atoms with Crippen LogP contribution in [0.2, 0.25) is 0 Å². The molecule has 4 heteroatoms. The summed E-state index contributed by atoms with van der Waals surface area (Å²) in [5.41, 5.74) is 3.55. The Morgan fingerprint density at radius 2 is 2.15 bits per heavy atom. The van der Waals surface area contributed by atoms with Crippen molar-refractivity contribution in [3.8, 4) is 22.6 Å². The van der Waals surface area contributed by atoms with Crippen LogP contribution in [-0.2, 0) is 16.8 Å². The highest BCUT2D eigenvalue weighted by atomic mass is 16.5. The number of aryl methyl sites for hydroxylation is 1. The number of ether oxygens (including phenoxy) is 2. The van der Waals surface area contributed by atoms with E-state index in [4.69, 9.17) is 9.47 Å². The molecule has 0 atom stereocenters. The summed E-state index contributed by atoms with van der Waals surface area (Å²) in [7, 11) is 0. The average molecular weight is 351 g/mol. The van der Waals surface area contributed by atoms with Gasteiger partial charge in [-0.1, -0.05) is 19.3 Å². The van der Waals surface area contributed by atoms with Crippen LogP contribution in [0.3, 0.4) is 0 Å². The Morgan fingerprint density at radius 1 is 1.35 bits per heavy atom. The van der Waals surface area contributed by atoms with Crippen molar-refractivity contribution < 1.29 is 14.3 Å². The minimum Gasteiger partial charge on any atom is -0.482 e. The van der Waals surface area contributed by atoms with Crippen molar-refractivity contribution >= 4 is 5.97 Å². The third-order valence-electron chi connectivity index (χ3n) is 5.26. The molecule has 0 unspecified atom stereocenters. The SMILES string of the molecule is CC(=O)Oc1cc(CCCC2CC2)cc2c1-c1cnccc1C(C)(C)O2. The molecule has 2 aliphatic rings. The van der Waals surface area contributed by atoms with Crippen LogP contribution in [-0.4, -0.2) is 11.0 Å². The molecule has 0 bridgehead atoms. The van der Waals surface area contributed by atoms with Crippen LogP contribution in [0, 0.1) is 5.92 Å². The molecule has 136 valence electrons. The molecular formula is C22H25NO3. The number of aromatic nitrogens is 1. The summed E-state index contributed by atoms with van der Waals surface area (Å²) in [6.45, 7) is 5.55. The molecule has 1 aliphatic carbocycles. The topological polar surface area (TPSA) is 48.4 Å². The van der Waals surface area contributed by atoms with Gasteiger partial charge in [-0.25, -0.2) is 0 Å². The van der Waals surface area contributed by atoms with Gasteiger partial charge in [0, 0.05) is 30.4 Å². The lowest BCUT2D eigenvalue weighted by Crippen LogP contribution is -2.29. The number of pyridine rings is 1. The van der Waals surface area contributed by atoms with Crippen LogP contribution >= 0.6 is 0 Å². The third-order valence-corrected chi connectivity index (χ3v) is 5.26. The summed E-state index contributed by atoms with van der Waals surface area (Å²) < 4.78 is 11.9. The lowest BCUT2D eigenvalue weighted by Gasteiger charge is -2.35. The van der Waals surface area contributed by atoms with E-state index in [9.17, 15) is 4.79 Å². The van der Waals surface area contributed by atoms with Gasteiger partial charge in [-0.2, -0.15) is 0 Å². The van der Waals surface area contributed by atoms with Gasteiger partial charge in [-0.3, -0.25) is 9.78 Å². The quantitative estimate of drug-likeness (QED) is 0.560. The number of carbonyl (C=O) groups is 1. The molecule has 26 heavy (non-hydrogen) atoms. The fourth-order valence-electron chi connectivity index (χ4n) is 3.82. The Morgan fingerprint density at radius 3 is 2.88 bits per heavy atom. The number of esters is 1. The van der Waals surface area contributed by atoms with Crippen molar-refractivity contribution in [1.29, 1.82) is 0 Å². The van der Waals surface area contributed by atoms with Crippen molar-refractivity contribution in [3.63, 3.8) is 0 Å². The highest BCUT2D eigenvalue weighted by molar-refractivity contribution is 5.84. The predicted octanol–water partition coefficient (Wildman–Crippen LogP) is 5.03. The second-order valence-corrected chi connectivity index (χ2v) is 7.93. The van der Waals surface area contributed by atoms with Crippen molar-refractivity contribution in [2.45, 2.75) is 58.5 Å². The van der Waals surface area contributed by atoms with Gasteiger partial charge in [0.15, 0.2) is 0 Å². The van der Waals surface area contributed by atoms with Gasteiger partial charge >= 0.3 is 5.97 Å². The first-order valence-corrected chi connectivity index (χ1v) is 9.43. The van der Waals surface area contributed by atoms with Crippen LogP contribution in [0.5, 0.6) is 11.5 Å². The third kappa shape index (κ3) is 3.33. The summed E-state index contributed by atoms with van der Waals surface area (Å²) >= 11 is 0. The Hall–Kier alpha value is -2.36. The maximum Gasteiger partial charge on any atom is 0.308 e. The Bertz CT molecular complexity index is 852. The van der Waals surface area contributed by atoms with Crippen molar-refractivity contribution in [1.82, 2.24) is 4.98 Å². The predicted molar refractivity (Wildman–Crippen MR) is 100 cm³/mol. The molecule has 1 aromatic carbocycles. The van der Waals surface area contributed by atoms with Crippen molar-refractivity contribution in [3.05, 3.63) is 41.7 Å². The number of nitrogens with zero attached hydrogens (tertiary/aromatic N) is 1. The van der Waals surface area contributed by atoms with E-state index < -0.39 is 5.60 Å². The molecule has 1 fully saturated rings. The summed E-state index contributed by atoms with van der Waals surface area (Å²) in [6, 6.07) is 6.07. The minimum absolute atomic E-state index is 0.322.